The highest BCUT2D eigenvalue weighted by molar-refractivity contribution is 7.99. The summed E-state index contributed by atoms with van der Waals surface area (Å²) < 4.78 is 0. The van der Waals surface area contributed by atoms with Crippen molar-refractivity contribution in [3.63, 3.8) is 0 Å². The molecular weight excluding hydrogens is 216 g/mol. The first-order valence-electron chi connectivity index (χ1n) is 6.82. The summed E-state index contributed by atoms with van der Waals surface area (Å²) in [5.74, 6) is 3.53. The Labute approximate surface area is 104 Å². The summed E-state index contributed by atoms with van der Waals surface area (Å²) in [4.78, 5) is 2.62. The molecule has 1 saturated carbocycles. The number of nitrogens with two attached hydrogens (primary N) is 1. The van der Waals surface area contributed by atoms with Crippen molar-refractivity contribution in [2.45, 2.75) is 50.6 Å². The maximum absolute atomic E-state index is 6.01. The molecule has 2 nitrogen and oxygen atoms in total. The average Bonchev–Trinajstić information content (AvgIpc) is 2.85. The Morgan fingerprint density at radius 1 is 1.25 bits per heavy atom. The van der Waals surface area contributed by atoms with Crippen LogP contribution in [-0.4, -0.2) is 42.1 Å². The van der Waals surface area contributed by atoms with E-state index in [4.69, 9.17) is 5.73 Å². The monoisotopic (exact) mass is 242 g/mol. The Balaban J connectivity index is 1.90. The molecule has 0 aromatic carbocycles. The fourth-order valence-corrected chi connectivity index (χ4v) is 4.63. The zero-order chi connectivity index (χ0) is 11.4. The lowest BCUT2D eigenvalue weighted by atomic mass is 9.90. The van der Waals surface area contributed by atoms with Crippen LogP contribution in [0, 0.1) is 5.92 Å². The standard InChI is InChI=1S/C13H26N2S/c1-15(12-5-3-2-4-6-12)13(9-14)11-7-8-16-10-11/h11-13H,2-10,14H2,1H3. The van der Waals surface area contributed by atoms with E-state index in [0.29, 0.717) is 6.04 Å². The summed E-state index contributed by atoms with van der Waals surface area (Å²) in [6.07, 6.45) is 8.46. The first kappa shape index (κ1) is 12.7. The quantitative estimate of drug-likeness (QED) is 0.820. The highest BCUT2D eigenvalue weighted by Crippen LogP contribution is 2.31. The van der Waals surface area contributed by atoms with Crippen LogP contribution in [0.25, 0.3) is 0 Å². The van der Waals surface area contributed by atoms with Crippen molar-refractivity contribution in [3.8, 4) is 0 Å². The van der Waals surface area contributed by atoms with E-state index >= 15 is 0 Å². The maximum atomic E-state index is 6.01. The molecule has 0 radical (unpaired) electrons. The fraction of sp³-hybridized carbons (Fsp3) is 1.00. The number of nitrogens with zero attached hydrogens (tertiary/aromatic N) is 1. The fourth-order valence-electron chi connectivity index (χ4n) is 3.31. The largest absolute Gasteiger partial charge is 0.329 e. The summed E-state index contributed by atoms with van der Waals surface area (Å²) in [6, 6.07) is 1.45. The molecule has 94 valence electrons. The molecule has 1 aliphatic carbocycles. The predicted octanol–water partition coefficient (Wildman–Crippen LogP) is 2.33. The van der Waals surface area contributed by atoms with Gasteiger partial charge in [-0.1, -0.05) is 19.3 Å². The van der Waals surface area contributed by atoms with Gasteiger partial charge in [-0.25, -0.2) is 0 Å². The van der Waals surface area contributed by atoms with Gasteiger partial charge >= 0.3 is 0 Å². The van der Waals surface area contributed by atoms with Gasteiger partial charge in [-0.15, -0.1) is 0 Å². The van der Waals surface area contributed by atoms with Gasteiger partial charge in [0.25, 0.3) is 0 Å². The zero-order valence-electron chi connectivity index (χ0n) is 10.5. The molecule has 0 amide bonds. The molecule has 2 unspecified atom stereocenters. The van der Waals surface area contributed by atoms with Gasteiger partial charge in [0, 0.05) is 18.6 Å². The van der Waals surface area contributed by atoms with Gasteiger partial charge in [0.2, 0.25) is 0 Å². The van der Waals surface area contributed by atoms with E-state index in [1.807, 2.05) is 0 Å². The summed E-state index contributed by atoms with van der Waals surface area (Å²) >= 11 is 2.11. The van der Waals surface area contributed by atoms with E-state index in [1.165, 1.54) is 50.0 Å². The van der Waals surface area contributed by atoms with E-state index in [9.17, 15) is 0 Å². The van der Waals surface area contributed by atoms with E-state index in [-0.39, 0.29) is 0 Å². The SMILES string of the molecule is CN(C1CCCCC1)C(CN)C1CCSC1. The molecule has 16 heavy (non-hydrogen) atoms. The van der Waals surface area contributed by atoms with Crippen LogP contribution >= 0.6 is 11.8 Å². The van der Waals surface area contributed by atoms with Crippen LogP contribution in [0.3, 0.4) is 0 Å². The summed E-state index contributed by atoms with van der Waals surface area (Å²) in [7, 11) is 2.32. The van der Waals surface area contributed by atoms with E-state index in [0.717, 1.165) is 18.5 Å². The Kier molecular flexibility index (Phi) is 4.98. The molecular formula is C13H26N2S. The van der Waals surface area contributed by atoms with E-state index in [1.54, 1.807) is 0 Å². The molecule has 0 bridgehead atoms. The van der Waals surface area contributed by atoms with Crippen molar-refractivity contribution in [3.05, 3.63) is 0 Å². The van der Waals surface area contributed by atoms with Gasteiger partial charge < -0.3 is 5.73 Å². The Morgan fingerprint density at radius 2 is 2.00 bits per heavy atom. The topological polar surface area (TPSA) is 29.3 Å². The lowest BCUT2D eigenvalue weighted by Crippen LogP contribution is -2.49. The maximum Gasteiger partial charge on any atom is 0.0254 e. The predicted molar refractivity (Wildman–Crippen MR) is 72.9 cm³/mol. The summed E-state index contributed by atoms with van der Waals surface area (Å²) in [5, 5.41) is 0. The Hall–Kier alpha value is 0.270. The van der Waals surface area contributed by atoms with Gasteiger partial charge in [0.1, 0.15) is 0 Å². The van der Waals surface area contributed by atoms with Crippen molar-refractivity contribution in [1.82, 2.24) is 4.90 Å². The van der Waals surface area contributed by atoms with Crippen molar-refractivity contribution in [1.29, 1.82) is 0 Å². The number of rotatable bonds is 4. The Bertz CT molecular complexity index is 198. The minimum Gasteiger partial charge on any atom is -0.329 e. The molecule has 2 N–H and O–H groups in total. The van der Waals surface area contributed by atoms with E-state index < -0.39 is 0 Å². The molecule has 2 fully saturated rings. The summed E-state index contributed by atoms with van der Waals surface area (Å²) in [6.45, 7) is 0.845. The molecule has 2 rings (SSSR count). The highest BCUT2D eigenvalue weighted by Gasteiger charge is 2.31. The molecule has 3 heteroatoms. The van der Waals surface area contributed by atoms with E-state index in [2.05, 4.69) is 23.7 Å². The number of thioether (sulfide) groups is 1. The third kappa shape index (κ3) is 2.93. The second-order valence-corrected chi connectivity index (χ2v) is 6.53. The van der Waals surface area contributed by atoms with Crippen molar-refractivity contribution in [2.75, 3.05) is 25.1 Å². The smallest absolute Gasteiger partial charge is 0.0254 e. The summed E-state index contributed by atoms with van der Waals surface area (Å²) in [5.41, 5.74) is 6.01. The lowest BCUT2D eigenvalue weighted by molar-refractivity contribution is 0.109. The molecule has 0 aromatic rings. The zero-order valence-corrected chi connectivity index (χ0v) is 11.3. The number of hydrogen-bond donors (Lipinski definition) is 1. The molecule has 0 aromatic heterocycles. The van der Waals surface area contributed by atoms with Crippen molar-refractivity contribution in [2.24, 2.45) is 11.7 Å². The normalized spacial score (nSPS) is 29.8. The molecule has 0 spiro atoms. The van der Waals surface area contributed by atoms with Crippen molar-refractivity contribution >= 4 is 11.8 Å². The molecule has 2 atom stereocenters. The average molecular weight is 242 g/mol. The molecule has 1 saturated heterocycles. The second-order valence-electron chi connectivity index (χ2n) is 5.38. The van der Waals surface area contributed by atoms with Gasteiger partial charge in [-0.2, -0.15) is 11.8 Å². The van der Waals surface area contributed by atoms with Crippen molar-refractivity contribution < 1.29 is 0 Å². The van der Waals surface area contributed by atoms with Crippen LogP contribution in [0.1, 0.15) is 38.5 Å². The van der Waals surface area contributed by atoms with Crippen LogP contribution < -0.4 is 5.73 Å². The highest BCUT2D eigenvalue weighted by atomic mass is 32.2. The number of likely N-dealkylation sites (N-methyl/N-ethyl adjacent to an activating group) is 1. The van der Waals surface area contributed by atoms with Gasteiger partial charge in [0.05, 0.1) is 0 Å². The number of hydrogen-bond acceptors (Lipinski definition) is 3. The van der Waals surface area contributed by atoms with Crippen LogP contribution in [0.15, 0.2) is 0 Å². The molecule has 1 heterocycles. The van der Waals surface area contributed by atoms with Gasteiger partial charge in [-0.05, 0) is 43.7 Å². The molecule has 2 aliphatic rings. The van der Waals surface area contributed by atoms with Crippen LogP contribution in [-0.2, 0) is 0 Å². The molecule has 1 aliphatic heterocycles. The third-order valence-corrected chi connectivity index (χ3v) is 5.61. The second kappa shape index (κ2) is 6.27. The third-order valence-electron chi connectivity index (χ3n) is 4.42. The Morgan fingerprint density at radius 3 is 2.56 bits per heavy atom. The van der Waals surface area contributed by atoms with Crippen LogP contribution in [0.2, 0.25) is 0 Å². The minimum atomic E-state index is 0.637. The van der Waals surface area contributed by atoms with Crippen LogP contribution in [0.4, 0.5) is 0 Å². The van der Waals surface area contributed by atoms with Crippen LogP contribution in [0.5, 0.6) is 0 Å². The first-order valence-corrected chi connectivity index (χ1v) is 7.98. The first-order chi connectivity index (χ1) is 7.83. The minimum absolute atomic E-state index is 0.637. The van der Waals surface area contributed by atoms with Gasteiger partial charge in [0.15, 0.2) is 0 Å². The van der Waals surface area contributed by atoms with Gasteiger partial charge in [-0.3, -0.25) is 4.90 Å². The lowest BCUT2D eigenvalue weighted by Gasteiger charge is -2.39.